The number of ketones is 1. The van der Waals surface area contributed by atoms with E-state index in [9.17, 15) is 4.79 Å². The Balaban J connectivity index is 2.41. The Morgan fingerprint density at radius 1 is 1.12 bits per heavy atom. The van der Waals surface area contributed by atoms with Crippen molar-refractivity contribution in [1.82, 2.24) is 0 Å². The fourth-order valence-electron chi connectivity index (χ4n) is 1.51. The minimum atomic E-state index is -0.0305. The quantitative estimate of drug-likeness (QED) is 0.617. The molecule has 2 rings (SSSR count). The van der Waals surface area contributed by atoms with E-state index in [4.69, 9.17) is 11.5 Å². The largest absolute Gasteiger partial charge is 0.399 e. The van der Waals surface area contributed by atoms with E-state index < -0.39 is 0 Å². The average molecular weight is 232 g/mol. The van der Waals surface area contributed by atoms with Gasteiger partial charge in [0.15, 0.2) is 0 Å². The van der Waals surface area contributed by atoms with E-state index in [1.165, 1.54) is 11.3 Å². The molecule has 82 valence electrons. The van der Waals surface area contributed by atoms with Gasteiger partial charge in [0.2, 0.25) is 5.78 Å². The minimum Gasteiger partial charge on any atom is -0.399 e. The van der Waals surface area contributed by atoms with Gasteiger partial charge in [-0.1, -0.05) is 0 Å². The summed E-state index contributed by atoms with van der Waals surface area (Å²) >= 11 is 1.47. The van der Waals surface area contributed by atoms with Crippen molar-refractivity contribution in [2.45, 2.75) is 6.92 Å². The molecule has 0 amide bonds. The lowest BCUT2D eigenvalue weighted by Gasteiger charge is -2.02. The molecular formula is C12H12N2OS. The number of thiophene rings is 1. The average Bonchev–Trinajstić information content (AvgIpc) is 2.62. The molecule has 2 aromatic rings. The maximum Gasteiger partial charge on any atom is 0.203 e. The molecule has 0 atom stereocenters. The second-order valence-corrected chi connectivity index (χ2v) is 4.92. The number of rotatable bonds is 2. The Hall–Kier alpha value is -1.81. The van der Waals surface area contributed by atoms with Gasteiger partial charge in [-0.3, -0.25) is 4.79 Å². The number of anilines is 2. The summed E-state index contributed by atoms with van der Waals surface area (Å²) in [7, 11) is 0. The zero-order valence-corrected chi connectivity index (χ0v) is 9.67. The Bertz CT molecular complexity index is 525. The highest BCUT2D eigenvalue weighted by Crippen LogP contribution is 2.22. The van der Waals surface area contributed by atoms with E-state index in [0.29, 0.717) is 21.8 Å². The number of nitrogen functional groups attached to an aromatic ring is 2. The van der Waals surface area contributed by atoms with Crippen molar-refractivity contribution in [3.8, 4) is 0 Å². The van der Waals surface area contributed by atoms with Crippen molar-refractivity contribution in [3.63, 3.8) is 0 Å². The van der Waals surface area contributed by atoms with Crippen LogP contribution in [0.1, 0.15) is 20.1 Å². The van der Waals surface area contributed by atoms with E-state index in [1.54, 1.807) is 18.2 Å². The van der Waals surface area contributed by atoms with Crippen LogP contribution in [0.5, 0.6) is 0 Å². The number of carbonyl (C=O) groups is 1. The molecule has 16 heavy (non-hydrogen) atoms. The van der Waals surface area contributed by atoms with Crippen LogP contribution in [0, 0.1) is 6.92 Å². The van der Waals surface area contributed by atoms with Gasteiger partial charge in [-0.2, -0.15) is 0 Å². The predicted octanol–water partition coefficient (Wildman–Crippen LogP) is 2.45. The Morgan fingerprint density at radius 3 is 2.25 bits per heavy atom. The summed E-state index contributed by atoms with van der Waals surface area (Å²) in [5.41, 5.74) is 12.9. The van der Waals surface area contributed by atoms with Gasteiger partial charge in [0.25, 0.3) is 0 Å². The fraction of sp³-hybridized carbons (Fsp3) is 0.0833. The zero-order chi connectivity index (χ0) is 11.7. The number of benzene rings is 1. The van der Waals surface area contributed by atoms with Crippen molar-refractivity contribution < 1.29 is 4.79 Å². The summed E-state index contributed by atoms with van der Waals surface area (Å²) in [6, 6.07) is 8.67. The topological polar surface area (TPSA) is 69.1 Å². The third-order valence-corrected chi connectivity index (χ3v) is 3.20. The van der Waals surface area contributed by atoms with Crippen LogP contribution in [0.3, 0.4) is 0 Å². The molecule has 0 radical (unpaired) electrons. The van der Waals surface area contributed by atoms with E-state index in [0.717, 1.165) is 4.88 Å². The molecule has 0 aliphatic carbocycles. The normalized spacial score (nSPS) is 10.3. The summed E-state index contributed by atoms with van der Waals surface area (Å²) in [5.74, 6) is -0.0305. The highest BCUT2D eigenvalue weighted by molar-refractivity contribution is 7.14. The maximum absolute atomic E-state index is 12.1. The number of carbonyl (C=O) groups excluding carboxylic acids is 1. The van der Waals surface area contributed by atoms with E-state index in [1.807, 2.05) is 19.1 Å². The van der Waals surface area contributed by atoms with Gasteiger partial charge in [0.05, 0.1) is 4.88 Å². The number of hydrogen-bond acceptors (Lipinski definition) is 4. The van der Waals surface area contributed by atoms with Crippen LogP contribution in [0.15, 0.2) is 30.3 Å². The smallest absolute Gasteiger partial charge is 0.203 e. The van der Waals surface area contributed by atoms with E-state index in [2.05, 4.69) is 0 Å². The van der Waals surface area contributed by atoms with Crippen LogP contribution in [0.25, 0.3) is 0 Å². The molecule has 0 saturated heterocycles. The third-order valence-electron chi connectivity index (χ3n) is 2.20. The molecular weight excluding hydrogens is 220 g/mol. The first kappa shape index (κ1) is 10.7. The van der Waals surface area contributed by atoms with Gasteiger partial charge in [-0.15, -0.1) is 11.3 Å². The van der Waals surface area contributed by atoms with Crippen LogP contribution in [-0.4, -0.2) is 5.78 Å². The van der Waals surface area contributed by atoms with Gasteiger partial charge in [-0.25, -0.2) is 0 Å². The van der Waals surface area contributed by atoms with Crippen molar-refractivity contribution in [2.75, 3.05) is 11.5 Å². The van der Waals surface area contributed by atoms with Crippen molar-refractivity contribution in [3.05, 3.63) is 45.6 Å². The lowest BCUT2D eigenvalue weighted by Crippen LogP contribution is -2.01. The first-order valence-electron chi connectivity index (χ1n) is 4.83. The molecule has 0 aliphatic rings. The second kappa shape index (κ2) is 3.98. The molecule has 0 aliphatic heterocycles. The molecule has 4 heteroatoms. The molecule has 0 unspecified atom stereocenters. The fourth-order valence-corrected chi connectivity index (χ4v) is 2.34. The SMILES string of the molecule is Cc1ccc(C(=O)c2cc(N)cc(N)c2)s1. The Labute approximate surface area is 97.7 Å². The summed E-state index contributed by atoms with van der Waals surface area (Å²) in [6.45, 7) is 1.97. The van der Waals surface area contributed by atoms with Gasteiger partial charge in [0, 0.05) is 21.8 Å². The van der Waals surface area contributed by atoms with Crippen LogP contribution >= 0.6 is 11.3 Å². The van der Waals surface area contributed by atoms with Crippen molar-refractivity contribution in [2.24, 2.45) is 0 Å². The van der Waals surface area contributed by atoms with E-state index >= 15 is 0 Å². The Morgan fingerprint density at radius 2 is 1.75 bits per heavy atom. The van der Waals surface area contributed by atoms with Gasteiger partial charge < -0.3 is 11.5 Å². The summed E-state index contributed by atoms with van der Waals surface area (Å²) < 4.78 is 0. The highest BCUT2D eigenvalue weighted by Gasteiger charge is 2.11. The molecule has 3 nitrogen and oxygen atoms in total. The number of hydrogen-bond donors (Lipinski definition) is 2. The van der Waals surface area contributed by atoms with Crippen LogP contribution in [0.4, 0.5) is 11.4 Å². The van der Waals surface area contributed by atoms with Gasteiger partial charge in [-0.05, 0) is 37.3 Å². The monoisotopic (exact) mass is 232 g/mol. The summed E-state index contributed by atoms with van der Waals surface area (Å²) in [5, 5.41) is 0. The molecule has 4 N–H and O–H groups in total. The minimum absolute atomic E-state index is 0.0305. The standard InChI is InChI=1S/C12H12N2OS/c1-7-2-3-11(16-7)12(15)8-4-9(13)6-10(14)5-8/h2-6H,13-14H2,1H3. The third kappa shape index (κ3) is 2.06. The summed E-state index contributed by atoms with van der Waals surface area (Å²) in [6.07, 6.45) is 0. The summed E-state index contributed by atoms with van der Waals surface area (Å²) in [4.78, 5) is 13.9. The molecule has 0 fully saturated rings. The number of aryl methyl sites for hydroxylation is 1. The van der Waals surface area contributed by atoms with Gasteiger partial charge in [0.1, 0.15) is 0 Å². The first-order chi connectivity index (χ1) is 7.56. The highest BCUT2D eigenvalue weighted by atomic mass is 32.1. The van der Waals surface area contributed by atoms with Crippen molar-refractivity contribution in [1.29, 1.82) is 0 Å². The van der Waals surface area contributed by atoms with Crippen molar-refractivity contribution >= 4 is 28.5 Å². The molecule has 0 saturated carbocycles. The first-order valence-corrected chi connectivity index (χ1v) is 5.65. The lowest BCUT2D eigenvalue weighted by molar-refractivity contribution is 0.104. The Kier molecular flexibility index (Phi) is 2.66. The van der Waals surface area contributed by atoms with Gasteiger partial charge >= 0.3 is 0 Å². The lowest BCUT2D eigenvalue weighted by atomic mass is 10.1. The van der Waals surface area contributed by atoms with Crippen LogP contribution < -0.4 is 11.5 Å². The zero-order valence-electron chi connectivity index (χ0n) is 8.86. The molecule has 1 aromatic heterocycles. The molecule has 1 heterocycles. The molecule has 0 spiro atoms. The predicted molar refractivity (Wildman–Crippen MR) is 67.8 cm³/mol. The van der Waals surface area contributed by atoms with Crippen LogP contribution in [-0.2, 0) is 0 Å². The number of nitrogens with two attached hydrogens (primary N) is 2. The van der Waals surface area contributed by atoms with Crippen LogP contribution in [0.2, 0.25) is 0 Å². The van der Waals surface area contributed by atoms with E-state index in [-0.39, 0.29) is 5.78 Å². The molecule has 1 aromatic carbocycles. The molecule has 0 bridgehead atoms. The maximum atomic E-state index is 12.1. The second-order valence-electron chi connectivity index (χ2n) is 3.63.